The first-order chi connectivity index (χ1) is 9.92. The second-order valence-electron chi connectivity index (χ2n) is 4.55. The van der Waals surface area contributed by atoms with Gasteiger partial charge in [0.25, 0.3) is 0 Å². The number of nitrogens with zero attached hydrogens (tertiary/aromatic N) is 3. The maximum absolute atomic E-state index is 4.22. The quantitative estimate of drug-likeness (QED) is 0.625. The molecule has 0 amide bonds. The highest BCUT2D eigenvalue weighted by molar-refractivity contribution is 7.10. The van der Waals surface area contributed by atoms with Crippen molar-refractivity contribution in [2.24, 2.45) is 0 Å². The smallest absolute Gasteiger partial charge is 0.174 e. The monoisotopic (exact) mass is 279 g/mol. The largest absolute Gasteiger partial charge is 0.335 e. The van der Waals surface area contributed by atoms with Crippen molar-refractivity contribution in [3.8, 4) is 0 Å². The van der Waals surface area contributed by atoms with Gasteiger partial charge in [0.05, 0.1) is 23.4 Å². The first kappa shape index (κ1) is 11.4. The van der Waals surface area contributed by atoms with E-state index in [4.69, 9.17) is 0 Å². The Bertz CT molecular complexity index is 780. The minimum Gasteiger partial charge on any atom is -0.335 e. The minimum atomic E-state index is 0.138. The van der Waals surface area contributed by atoms with Crippen LogP contribution in [-0.2, 0) is 0 Å². The predicted octanol–water partition coefficient (Wildman–Crippen LogP) is 3.26. The summed E-state index contributed by atoms with van der Waals surface area (Å²) >= 11 is 1.75. The highest BCUT2D eigenvalue weighted by atomic mass is 32.1. The fraction of sp³-hybridized carbons (Fsp3) is 0.0667. The van der Waals surface area contributed by atoms with Crippen molar-refractivity contribution >= 4 is 22.4 Å². The molecule has 97 valence electrons. The highest BCUT2D eigenvalue weighted by Crippen LogP contribution is 2.31. The number of thiophene rings is 1. The fourth-order valence-corrected chi connectivity index (χ4v) is 3.28. The second-order valence-corrected chi connectivity index (χ2v) is 5.53. The van der Waals surface area contributed by atoms with E-state index in [9.17, 15) is 0 Å². The molecule has 5 heteroatoms. The molecule has 3 aromatic heterocycles. The number of imidazole rings is 2. The van der Waals surface area contributed by atoms with Crippen molar-refractivity contribution in [3.05, 3.63) is 71.2 Å². The molecule has 1 N–H and O–H groups in total. The van der Waals surface area contributed by atoms with Crippen LogP contribution < -0.4 is 0 Å². The van der Waals surface area contributed by atoms with Crippen LogP contribution in [0.4, 0.5) is 0 Å². The van der Waals surface area contributed by atoms with Gasteiger partial charge >= 0.3 is 0 Å². The van der Waals surface area contributed by atoms with E-state index in [2.05, 4.69) is 55.5 Å². The Labute approximate surface area is 119 Å². The van der Waals surface area contributed by atoms with Crippen molar-refractivity contribution in [3.63, 3.8) is 0 Å². The highest BCUT2D eigenvalue weighted by Gasteiger charge is 2.17. The number of hydrogen-bond donors (Lipinski definition) is 1. The summed E-state index contributed by atoms with van der Waals surface area (Å²) in [6, 6.07) is 10.6. The van der Waals surface area contributed by atoms with Gasteiger partial charge in [-0.1, -0.05) is 12.1 Å². The Morgan fingerprint density at radius 3 is 3.10 bits per heavy atom. The maximum Gasteiger partial charge on any atom is 0.174 e. The van der Waals surface area contributed by atoms with Crippen LogP contribution >= 0.6 is 11.3 Å². The van der Waals surface area contributed by atoms with E-state index in [1.54, 1.807) is 11.3 Å². The molecule has 0 saturated carbocycles. The van der Waals surface area contributed by atoms with E-state index >= 15 is 0 Å². The third-order valence-corrected chi connectivity index (χ3v) is 4.26. The van der Waals surface area contributed by atoms with Gasteiger partial charge in [-0.15, -0.1) is 11.3 Å². The molecule has 0 fully saturated rings. The van der Waals surface area contributed by atoms with Crippen LogP contribution in [0.15, 0.2) is 54.4 Å². The van der Waals surface area contributed by atoms with E-state index in [-0.39, 0.29) is 6.04 Å². The Kier molecular flexibility index (Phi) is 2.63. The van der Waals surface area contributed by atoms with Gasteiger partial charge in [0.2, 0.25) is 0 Å². The third-order valence-electron chi connectivity index (χ3n) is 3.34. The zero-order chi connectivity index (χ0) is 13.4. The Balaban J connectivity index is 1.89. The lowest BCUT2D eigenvalue weighted by atomic mass is 10.0. The van der Waals surface area contributed by atoms with E-state index in [1.807, 2.05) is 24.8 Å². The first-order valence-corrected chi connectivity index (χ1v) is 7.16. The number of nitrogens with one attached hydrogen (secondary N) is 1. The van der Waals surface area contributed by atoms with Crippen molar-refractivity contribution < 1.29 is 0 Å². The van der Waals surface area contributed by atoms with Crippen molar-refractivity contribution in [2.45, 2.75) is 6.04 Å². The molecule has 0 aliphatic carbocycles. The van der Waals surface area contributed by atoms with Gasteiger partial charge in [-0.3, -0.25) is 0 Å². The summed E-state index contributed by atoms with van der Waals surface area (Å²) in [4.78, 5) is 12.7. The Hall–Kier alpha value is -2.40. The Morgan fingerprint density at radius 1 is 1.30 bits per heavy atom. The van der Waals surface area contributed by atoms with Crippen LogP contribution in [0.2, 0.25) is 0 Å². The van der Waals surface area contributed by atoms with Gasteiger partial charge in [-0.25, -0.2) is 9.97 Å². The summed E-state index contributed by atoms with van der Waals surface area (Å²) in [5.41, 5.74) is 3.13. The SMILES string of the molecule is [c]1nc2cc(C(c3cccs3)n3ccnc3)ccc2[nH]1. The fourth-order valence-electron chi connectivity index (χ4n) is 2.42. The summed E-state index contributed by atoms with van der Waals surface area (Å²) < 4.78 is 2.11. The molecule has 4 aromatic rings. The number of H-pyrrole nitrogens is 1. The van der Waals surface area contributed by atoms with Crippen LogP contribution in [0.25, 0.3) is 11.0 Å². The molecule has 4 rings (SSSR count). The van der Waals surface area contributed by atoms with E-state index in [0.717, 1.165) is 11.0 Å². The molecule has 0 saturated heterocycles. The van der Waals surface area contributed by atoms with E-state index in [1.165, 1.54) is 10.4 Å². The second kappa shape index (κ2) is 4.61. The molecule has 1 radical (unpaired) electrons. The first-order valence-electron chi connectivity index (χ1n) is 6.28. The summed E-state index contributed by atoms with van der Waals surface area (Å²) in [6.07, 6.45) is 8.43. The van der Waals surface area contributed by atoms with Crippen LogP contribution in [0.1, 0.15) is 16.5 Å². The summed E-state index contributed by atoms with van der Waals surface area (Å²) in [6.45, 7) is 0. The molecule has 4 nitrogen and oxygen atoms in total. The molecule has 0 aliphatic rings. The molecule has 1 atom stereocenters. The molecule has 3 heterocycles. The lowest BCUT2D eigenvalue weighted by molar-refractivity contribution is 0.689. The average molecular weight is 279 g/mol. The molecule has 0 aliphatic heterocycles. The van der Waals surface area contributed by atoms with Gasteiger partial charge in [-0.05, 0) is 29.1 Å². The van der Waals surface area contributed by atoms with Gasteiger partial charge in [-0.2, -0.15) is 0 Å². The third kappa shape index (κ3) is 1.83. The molecule has 1 unspecified atom stereocenters. The molecule has 0 spiro atoms. The van der Waals surface area contributed by atoms with Crippen LogP contribution in [0.5, 0.6) is 0 Å². The number of aromatic nitrogens is 4. The lowest BCUT2D eigenvalue weighted by Crippen LogP contribution is -2.08. The van der Waals surface area contributed by atoms with Crippen molar-refractivity contribution in [1.82, 2.24) is 19.5 Å². The number of fused-ring (bicyclic) bond motifs is 1. The predicted molar refractivity (Wildman–Crippen MR) is 78.7 cm³/mol. The average Bonchev–Trinajstić information content (AvgIpc) is 3.22. The van der Waals surface area contributed by atoms with Crippen LogP contribution in [0, 0.1) is 6.33 Å². The van der Waals surface area contributed by atoms with Gasteiger partial charge in [0.1, 0.15) is 0 Å². The number of rotatable bonds is 3. The normalized spacial score (nSPS) is 12.8. The molecule has 0 bridgehead atoms. The summed E-state index contributed by atoms with van der Waals surface area (Å²) in [7, 11) is 0. The van der Waals surface area contributed by atoms with Gasteiger partial charge in [0, 0.05) is 17.3 Å². The van der Waals surface area contributed by atoms with Gasteiger partial charge < -0.3 is 9.55 Å². The topological polar surface area (TPSA) is 46.5 Å². The standard InChI is InChI=1S/C15H11N4S/c1-2-14(20-7-1)15(19-6-5-16-10-19)11-3-4-12-13(8-11)18-9-17-12/h1-8,10,15H,(H,17,18). The van der Waals surface area contributed by atoms with Crippen molar-refractivity contribution in [1.29, 1.82) is 0 Å². The van der Waals surface area contributed by atoms with E-state index < -0.39 is 0 Å². The summed E-state index contributed by atoms with van der Waals surface area (Å²) in [5.74, 6) is 0. The molecule has 20 heavy (non-hydrogen) atoms. The van der Waals surface area contributed by atoms with Crippen LogP contribution in [-0.4, -0.2) is 19.5 Å². The van der Waals surface area contributed by atoms with Gasteiger partial charge in [0.15, 0.2) is 6.33 Å². The van der Waals surface area contributed by atoms with Crippen LogP contribution in [0.3, 0.4) is 0 Å². The number of hydrogen-bond acceptors (Lipinski definition) is 3. The zero-order valence-corrected chi connectivity index (χ0v) is 11.3. The van der Waals surface area contributed by atoms with Crippen molar-refractivity contribution in [2.75, 3.05) is 0 Å². The molecular formula is C15H11N4S. The molecular weight excluding hydrogens is 268 g/mol. The Morgan fingerprint density at radius 2 is 2.30 bits per heavy atom. The summed E-state index contributed by atoms with van der Waals surface area (Å²) in [5, 5.41) is 2.10. The zero-order valence-electron chi connectivity index (χ0n) is 10.5. The lowest BCUT2D eigenvalue weighted by Gasteiger charge is -2.17. The number of benzene rings is 1. The maximum atomic E-state index is 4.22. The minimum absolute atomic E-state index is 0.138. The number of aromatic amines is 1. The van der Waals surface area contributed by atoms with E-state index in [0.29, 0.717) is 0 Å². The molecule has 1 aromatic carbocycles.